The minimum atomic E-state index is -5.14. The number of rotatable bonds is 72. The topological polar surface area (TPSA) is 214 Å². The first-order valence-corrected chi connectivity index (χ1v) is 55.8. The molecule has 0 aliphatic carbocycles. The fourth-order valence-corrected chi connectivity index (χ4v) is 19.2. The molecule has 2 saturated heterocycles. The second kappa shape index (κ2) is 74.1. The molecule has 0 aromatic heterocycles. The number of amides is 3. The van der Waals surface area contributed by atoms with Crippen LogP contribution in [0.5, 0.6) is 0 Å². The molecule has 0 bridgehead atoms. The van der Waals surface area contributed by atoms with Crippen molar-refractivity contribution in [2.75, 3.05) is 33.0 Å². The van der Waals surface area contributed by atoms with Crippen LogP contribution in [0.4, 0.5) is 22.0 Å². The van der Waals surface area contributed by atoms with Crippen LogP contribution < -0.4 is 16.0 Å². The normalized spacial score (nSPS) is 18.9. The second-order valence-electron chi connectivity index (χ2n) is 40.7. The Balaban J connectivity index is 0.000000331. The van der Waals surface area contributed by atoms with Crippen LogP contribution in [0, 0.1) is 47.1 Å². The van der Waals surface area contributed by atoms with Gasteiger partial charge in [0.15, 0.2) is 18.4 Å². The lowest BCUT2D eigenvalue weighted by molar-refractivity contribution is -0.262. The Kier molecular flexibility index (Phi) is 62.2. The third kappa shape index (κ3) is 50.5. The number of hydrogen-bond donors (Lipinski definition) is 3. The Labute approximate surface area is 886 Å². The standard InChI is InChI=1S/C65H94FNO7.C52H75F3N2O7.C7H4ClFO/c1-5-6-7-8-9-10-11-12-13-16-19-31-40-61(71-47-55-35-26-22-27-36-55)64(72-48-56-37-28-23-29-38-56)59(49-73-65-53(4)51(2)52(3)62(74-65)50-70-46-54-33-24-21-25-34-54)67-63(69)41-32-20-17-14-15-18-30-39-60(68)57-42-44-58(66)45-43-57;1-5-6-7-8-9-10-11-12-13-14-15-25-32-46(61-35-43-28-21-17-22-29-43)49(62-36-44-30-23-18-24-31-44)45(57-48(58)33-56-51(59)52(53,54)55)37-63-50-41(4)39(2)40(3)47(64-50)38-60-34-42-26-19-16-20-27-42;8-7(10)5-1-3-6(9)4-2-5/h21-29,33-38,42-45,51-53,59,61-62,64-65H,5-20,30-32,39-41,46-50H2,1-4H3,(H,67,69);16-24,26-31,39-41,45-47,49-50H,5-15,25,32-38H2,1-4H3,(H,56,59)(H,57,58);1-4H/t51-,52+,53?,59-,61+,62?,64-,65-;39-,40+,41?,45-,46+,47?,49-,50-;/m00./s1. The number of unbranched alkanes of at least 4 members (excludes halogenated alkanes) is 28. The van der Waals surface area contributed by atoms with E-state index in [1.807, 2.05) is 146 Å². The van der Waals surface area contributed by atoms with Gasteiger partial charge in [0.1, 0.15) is 23.8 Å². The van der Waals surface area contributed by atoms with Gasteiger partial charge in [0.2, 0.25) is 11.8 Å². The van der Waals surface area contributed by atoms with Gasteiger partial charge in [0, 0.05) is 35.8 Å². The minimum Gasteiger partial charge on any atom is -0.374 e. The number of benzene rings is 8. The van der Waals surface area contributed by atoms with E-state index in [-0.39, 0.29) is 97.7 Å². The molecule has 3 N–H and O–H groups in total. The van der Waals surface area contributed by atoms with Crippen LogP contribution >= 0.6 is 11.6 Å². The van der Waals surface area contributed by atoms with Crippen LogP contribution in [0.1, 0.15) is 334 Å². The summed E-state index contributed by atoms with van der Waals surface area (Å²) >= 11 is 5.09. The number of alkyl halides is 3. The van der Waals surface area contributed by atoms with E-state index in [9.17, 15) is 45.9 Å². The fraction of sp³-hybridized carbons (Fsp3) is 0.573. The second-order valence-corrected chi connectivity index (χ2v) is 41.0. The first-order valence-electron chi connectivity index (χ1n) is 55.4. The van der Waals surface area contributed by atoms with Gasteiger partial charge in [-0.15, -0.1) is 0 Å². The van der Waals surface area contributed by atoms with Crippen LogP contribution in [0.3, 0.4) is 0 Å². The average Bonchev–Trinajstić information content (AvgIpc) is 0.812. The van der Waals surface area contributed by atoms with E-state index in [4.69, 9.17) is 59.0 Å². The van der Waals surface area contributed by atoms with Crippen LogP contribution in [-0.2, 0) is 101 Å². The molecule has 148 heavy (non-hydrogen) atoms. The lowest BCUT2D eigenvalue weighted by Crippen LogP contribution is -2.56. The molecular formula is C124H173ClF5N3O15. The van der Waals surface area contributed by atoms with Crippen molar-refractivity contribution in [3.63, 3.8) is 0 Å². The van der Waals surface area contributed by atoms with Crippen molar-refractivity contribution in [1.82, 2.24) is 16.0 Å². The van der Waals surface area contributed by atoms with Crippen molar-refractivity contribution in [3.05, 3.63) is 287 Å². The van der Waals surface area contributed by atoms with Gasteiger partial charge >= 0.3 is 12.1 Å². The van der Waals surface area contributed by atoms with E-state index in [0.717, 1.165) is 123 Å². The van der Waals surface area contributed by atoms with Crippen LogP contribution in [0.25, 0.3) is 0 Å². The SMILES string of the molecule is CCCCCCCCCCCCCC[C@@H](OCc1ccccc1)[C@@H](OCc1ccccc1)[C@H](CO[C@H]1OC(COCc2ccccc2)[C@H](C)[C@H](C)C1C)NC(=O)CCCCCCCCCC(=O)c1ccc(F)cc1.CCCCCCCCCCCCCC[C@@H](OCc1ccccc1)[C@@H](OCc1ccccc1)[C@H](CO[C@H]1OC(COCc2ccccc2)[C@H](C)[C@H](C)C1C)NC(=O)CNC(=O)C(F)(F)F.O=C(Cl)c1ccc(F)cc1. The Morgan fingerprint density at radius 2 is 0.628 bits per heavy atom. The lowest BCUT2D eigenvalue weighted by atomic mass is 9.79. The molecule has 0 spiro atoms. The fourth-order valence-electron chi connectivity index (χ4n) is 19.0. The molecular weight excluding hydrogens is 1900 g/mol. The Morgan fingerprint density at radius 1 is 0.338 bits per heavy atom. The summed E-state index contributed by atoms with van der Waals surface area (Å²) in [5.41, 5.74) is 7.07. The summed E-state index contributed by atoms with van der Waals surface area (Å²) in [4.78, 5) is 62.5. The quantitative estimate of drug-likeness (QED) is 0.0140. The van der Waals surface area contributed by atoms with E-state index in [1.54, 1.807) is 17.4 Å². The highest BCUT2D eigenvalue weighted by molar-refractivity contribution is 6.67. The van der Waals surface area contributed by atoms with Crippen molar-refractivity contribution >= 4 is 40.3 Å². The number of carbonyl (C=O) groups is 5. The van der Waals surface area contributed by atoms with Crippen molar-refractivity contribution in [2.24, 2.45) is 35.5 Å². The zero-order valence-electron chi connectivity index (χ0n) is 89.6. The highest BCUT2D eigenvalue weighted by atomic mass is 35.5. The molecule has 2 aliphatic heterocycles. The number of Topliss-reactive ketones (excluding diaryl/α,β-unsaturated/α-hetero) is 1. The monoisotopic (exact) mass is 2070 g/mol. The highest BCUT2D eigenvalue weighted by Crippen LogP contribution is 2.39. The van der Waals surface area contributed by atoms with Crippen molar-refractivity contribution in [2.45, 2.75) is 387 Å². The predicted molar refractivity (Wildman–Crippen MR) is 580 cm³/mol. The Bertz CT molecular complexity index is 4780. The van der Waals surface area contributed by atoms with E-state index in [2.05, 4.69) is 102 Å². The maximum absolute atomic E-state index is 14.2. The van der Waals surface area contributed by atoms with E-state index < -0.39 is 72.8 Å². The average molecular weight is 2080 g/mol. The molecule has 16 atom stereocenters. The maximum atomic E-state index is 14.2. The Morgan fingerprint density at radius 3 is 0.953 bits per heavy atom. The number of ketones is 1. The predicted octanol–water partition coefficient (Wildman–Crippen LogP) is 29.6. The zero-order chi connectivity index (χ0) is 106. The van der Waals surface area contributed by atoms with Gasteiger partial charge in [0.05, 0.1) is 109 Å². The first-order chi connectivity index (χ1) is 71.9. The summed E-state index contributed by atoms with van der Waals surface area (Å²) in [5.74, 6) is -2.70. The molecule has 2 fully saturated rings. The number of carbonyl (C=O) groups excluding carboxylic acids is 5. The van der Waals surface area contributed by atoms with E-state index >= 15 is 0 Å². The molecule has 4 unspecified atom stereocenters. The molecule has 3 amide bonds. The summed E-state index contributed by atoms with van der Waals surface area (Å²) in [6, 6.07) is 69.6. The first kappa shape index (κ1) is 124. The zero-order valence-corrected chi connectivity index (χ0v) is 90.4. The van der Waals surface area contributed by atoms with Gasteiger partial charge in [-0.05, 0) is 143 Å². The molecule has 0 saturated carbocycles. The lowest BCUT2D eigenvalue weighted by Gasteiger charge is -2.44. The molecule has 816 valence electrons. The molecule has 8 aromatic carbocycles. The summed E-state index contributed by atoms with van der Waals surface area (Å²) < 4.78 is 132. The van der Waals surface area contributed by atoms with Crippen LogP contribution in [0.15, 0.2) is 231 Å². The molecule has 0 radical (unpaired) electrons. The summed E-state index contributed by atoms with van der Waals surface area (Å²) in [5, 5.41) is 7.49. The number of halogens is 6. The van der Waals surface area contributed by atoms with E-state index in [1.165, 1.54) is 152 Å². The van der Waals surface area contributed by atoms with Crippen LogP contribution in [-0.4, -0.2) is 129 Å². The Hall–Kier alpha value is -8.95. The van der Waals surface area contributed by atoms with E-state index in [0.29, 0.717) is 75.9 Å². The number of nitrogens with one attached hydrogen (secondary N) is 3. The minimum absolute atomic E-state index is 0.0230. The smallest absolute Gasteiger partial charge is 0.374 e. The van der Waals surface area contributed by atoms with Gasteiger partial charge in [-0.2, -0.15) is 13.2 Å². The molecule has 24 heteroatoms. The van der Waals surface area contributed by atoms with Gasteiger partial charge in [-0.25, -0.2) is 8.78 Å². The molecule has 8 aromatic rings. The van der Waals surface area contributed by atoms with Gasteiger partial charge in [-0.3, -0.25) is 24.0 Å². The summed E-state index contributed by atoms with van der Waals surface area (Å²) in [6.07, 6.45) is 29.5. The molecule has 2 heterocycles. The van der Waals surface area contributed by atoms with Crippen molar-refractivity contribution < 1.29 is 93.3 Å². The van der Waals surface area contributed by atoms with Crippen LogP contribution in [0.2, 0.25) is 0 Å². The van der Waals surface area contributed by atoms with Crippen molar-refractivity contribution in [3.8, 4) is 0 Å². The molecule has 2 aliphatic rings. The molecule has 10 rings (SSSR count). The third-order valence-electron chi connectivity index (χ3n) is 28.9. The number of ether oxygens (including phenoxy) is 10. The van der Waals surface area contributed by atoms with Gasteiger partial charge < -0.3 is 63.3 Å². The molecule has 18 nitrogen and oxygen atoms in total. The number of hydrogen-bond acceptors (Lipinski definition) is 15. The van der Waals surface area contributed by atoms with Crippen molar-refractivity contribution in [1.29, 1.82) is 0 Å². The van der Waals surface area contributed by atoms with Gasteiger partial charge in [0.25, 0.3) is 5.24 Å². The summed E-state index contributed by atoms with van der Waals surface area (Å²) in [6.45, 7) is 19.9. The highest BCUT2D eigenvalue weighted by Gasteiger charge is 2.45. The third-order valence-corrected chi connectivity index (χ3v) is 29.2. The summed E-state index contributed by atoms with van der Waals surface area (Å²) in [7, 11) is 0. The van der Waals surface area contributed by atoms with Gasteiger partial charge in [-0.1, -0.05) is 424 Å². The maximum Gasteiger partial charge on any atom is 0.471 e. The largest absolute Gasteiger partial charge is 0.471 e.